The molecule has 5 rings (SSSR count). The number of nitrogens with zero attached hydrogens (tertiary/aromatic N) is 4. The van der Waals surface area contributed by atoms with Gasteiger partial charge in [-0.3, -0.25) is 9.59 Å². The number of piperidine rings is 1. The van der Waals surface area contributed by atoms with Crippen LogP contribution in [0.1, 0.15) is 45.9 Å². The van der Waals surface area contributed by atoms with Crippen molar-refractivity contribution in [2.75, 3.05) is 13.1 Å². The third-order valence-corrected chi connectivity index (χ3v) is 6.38. The van der Waals surface area contributed by atoms with Crippen LogP contribution in [-0.4, -0.2) is 50.8 Å². The number of nitrogens with one attached hydrogen (secondary N) is 1. The average molecular weight is 405 g/mol. The largest absolute Gasteiger partial charge is 0.469 e. The molecule has 1 aromatic carbocycles. The number of carbonyl (C=O) groups is 2. The van der Waals surface area contributed by atoms with Crippen LogP contribution in [-0.2, 0) is 0 Å². The minimum atomic E-state index is -0.0951. The van der Waals surface area contributed by atoms with E-state index in [1.165, 1.54) is 6.26 Å². The van der Waals surface area contributed by atoms with Crippen molar-refractivity contribution in [3.05, 3.63) is 65.9 Å². The van der Waals surface area contributed by atoms with Gasteiger partial charge in [0.2, 0.25) is 0 Å². The van der Waals surface area contributed by atoms with Crippen LogP contribution in [0.3, 0.4) is 0 Å². The number of hydrogen-bond donors (Lipinski definition) is 1. The monoisotopic (exact) mass is 405 g/mol. The van der Waals surface area contributed by atoms with Crippen LogP contribution in [0.2, 0.25) is 0 Å². The molecule has 3 aromatic rings. The summed E-state index contributed by atoms with van der Waals surface area (Å²) in [6.07, 6.45) is 5.92. The third-order valence-electron chi connectivity index (χ3n) is 6.38. The summed E-state index contributed by atoms with van der Waals surface area (Å²) < 4.78 is 6.83. The molecule has 1 aliphatic heterocycles. The molecule has 0 radical (unpaired) electrons. The second-order valence-electron chi connectivity index (χ2n) is 8.16. The van der Waals surface area contributed by atoms with Crippen molar-refractivity contribution >= 4 is 11.8 Å². The summed E-state index contributed by atoms with van der Waals surface area (Å²) in [6, 6.07) is 11.5. The van der Waals surface area contributed by atoms with E-state index in [0.717, 1.165) is 24.9 Å². The molecule has 1 aliphatic carbocycles. The van der Waals surface area contributed by atoms with Crippen LogP contribution >= 0.6 is 0 Å². The minimum absolute atomic E-state index is 0.0841. The molecule has 2 aliphatic rings. The number of hydrogen-bond acceptors (Lipinski definition) is 5. The lowest BCUT2D eigenvalue weighted by Crippen LogP contribution is -2.41. The average Bonchev–Trinajstić information content (AvgIpc) is 3.14. The summed E-state index contributed by atoms with van der Waals surface area (Å²) in [5.74, 6) is 0.451. The summed E-state index contributed by atoms with van der Waals surface area (Å²) in [4.78, 5) is 27.1. The maximum absolute atomic E-state index is 12.9. The maximum Gasteiger partial charge on any atom is 0.276 e. The van der Waals surface area contributed by atoms with E-state index < -0.39 is 0 Å². The van der Waals surface area contributed by atoms with Gasteiger partial charge < -0.3 is 14.6 Å². The standard InChI is InChI=1S/C22H23N5O3/c1-15-17(7-12-30-15)20(28)23-19-13-22(19)8-10-26(11-9-22)21(29)18-14-27(25-24-18)16-5-3-2-4-6-16/h2-7,12,14,19H,8-11,13H2,1H3,(H,23,28). The Kier molecular flexibility index (Phi) is 4.42. The molecular weight excluding hydrogens is 382 g/mol. The molecule has 2 amide bonds. The molecule has 154 valence electrons. The number of furan rings is 1. The first-order valence-electron chi connectivity index (χ1n) is 10.2. The number of aryl methyl sites for hydroxylation is 1. The molecule has 8 heteroatoms. The molecule has 1 atom stereocenters. The summed E-state index contributed by atoms with van der Waals surface area (Å²) in [5, 5.41) is 11.3. The Balaban J connectivity index is 1.18. The van der Waals surface area contributed by atoms with Crippen molar-refractivity contribution in [2.24, 2.45) is 5.41 Å². The number of rotatable bonds is 4. The van der Waals surface area contributed by atoms with E-state index in [9.17, 15) is 9.59 Å². The molecule has 1 saturated heterocycles. The van der Waals surface area contributed by atoms with Crippen molar-refractivity contribution < 1.29 is 14.0 Å². The van der Waals surface area contributed by atoms with Gasteiger partial charge in [-0.1, -0.05) is 23.4 Å². The van der Waals surface area contributed by atoms with Crippen LogP contribution in [0, 0.1) is 12.3 Å². The van der Waals surface area contributed by atoms with Crippen molar-refractivity contribution in [1.82, 2.24) is 25.2 Å². The van der Waals surface area contributed by atoms with Gasteiger partial charge in [-0.2, -0.15) is 0 Å². The fourth-order valence-electron chi connectivity index (χ4n) is 4.35. The van der Waals surface area contributed by atoms with Crippen LogP contribution in [0.4, 0.5) is 0 Å². The Morgan fingerprint density at radius 2 is 1.93 bits per heavy atom. The molecule has 0 bridgehead atoms. The zero-order valence-corrected chi connectivity index (χ0v) is 16.7. The van der Waals surface area contributed by atoms with Gasteiger partial charge in [0.1, 0.15) is 5.76 Å². The van der Waals surface area contributed by atoms with Crippen LogP contribution in [0.5, 0.6) is 0 Å². The van der Waals surface area contributed by atoms with Crippen molar-refractivity contribution in [1.29, 1.82) is 0 Å². The first-order valence-corrected chi connectivity index (χ1v) is 10.2. The van der Waals surface area contributed by atoms with E-state index in [0.29, 0.717) is 30.1 Å². The van der Waals surface area contributed by atoms with Crippen molar-refractivity contribution in [3.63, 3.8) is 0 Å². The number of benzene rings is 1. The van der Waals surface area contributed by atoms with Gasteiger partial charge >= 0.3 is 0 Å². The molecule has 2 aromatic heterocycles. The van der Waals surface area contributed by atoms with E-state index >= 15 is 0 Å². The Hall–Kier alpha value is -3.42. The number of carbonyl (C=O) groups excluding carboxylic acids is 2. The van der Waals surface area contributed by atoms with E-state index in [-0.39, 0.29) is 23.3 Å². The van der Waals surface area contributed by atoms with Gasteiger partial charge in [0.25, 0.3) is 11.8 Å². The molecule has 3 heterocycles. The van der Waals surface area contributed by atoms with Crippen LogP contribution in [0.25, 0.3) is 5.69 Å². The Morgan fingerprint density at radius 1 is 1.17 bits per heavy atom. The van der Waals surface area contributed by atoms with E-state index in [1.54, 1.807) is 23.9 Å². The highest BCUT2D eigenvalue weighted by molar-refractivity contribution is 5.95. The summed E-state index contributed by atoms with van der Waals surface area (Å²) in [7, 11) is 0. The fraction of sp³-hybridized carbons (Fsp3) is 0.364. The van der Waals surface area contributed by atoms with Crippen molar-refractivity contribution in [3.8, 4) is 5.69 Å². The number of aromatic nitrogens is 3. The molecule has 30 heavy (non-hydrogen) atoms. The first kappa shape index (κ1) is 18.6. The highest BCUT2D eigenvalue weighted by atomic mass is 16.3. The van der Waals surface area contributed by atoms with Gasteiger partial charge in [-0.25, -0.2) is 4.68 Å². The number of likely N-dealkylation sites (tertiary alicyclic amines) is 1. The molecule has 1 N–H and O–H groups in total. The SMILES string of the molecule is Cc1occc1C(=O)NC1CC12CCN(C(=O)c1cn(-c3ccccc3)nn1)CC2. The molecular formula is C22H23N5O3. The molecule has 2 fully saturated rings. The molecule has 8 nitrogen and oxygen atoms in total. The highest BCUT2D eigenvalue weighted by Gasteiger charge is 2.56. The van der Waals surface area contributed by atoms with Crippen molar-refractivity contribution in [2.45, 2.75) is 32.2 Å². The van der Waals surface area contributed by atoms with E-state index in [1.807, 2.05) is 35.2 Å². The normalized spacial score (nSPS) is 19.6. The number of amides is 2. The van der Waals surface area contributed by atoms with Gasteiger partial charge in [-0.15, -0.1) is 5.10 Å². The zero-order valence-electron chi connectivity index (χ0n) is 16.7. The molecule has 1 spiro atoms. The van der Waals surface area contributed by atoms with E-state index in [2.05, 4.69) is 15.6 Å². The van der Waals surface area contributed by atoms with Crippen LogP contribution < -0.4 is 5.32 Å². The second kappa shape index (κ2) is 7.12. The van der Waals surface area contributed by atoms with Gasteiger partial charge in [0.15, 0.2) is 5.69 Å². The predicted molar refractivity (Wildman–Crippen MR) is 108 cm³/mol. The fourth-order valence-corrected chi connectivity index (χ4v) is 4.35. The summed E-state index contributed by atoms with van der Waals surface area (Å²) in [5.41, 5.74) is 1.91. The van der Waals surface area contributed by atoms with Gasteiger partial charge in [0.05, 0.1) is 23.7 Å². The zero-order chi connectivity index (χ0) is 20.7. The molecule has 1 unspecified atom stereocenters. The highest BCUT2D eigenvalue weighted by Crippen LogP contribution is 2.54. The van der Waals surface area contributed by atoms with Gasteiger partial charge in [-0.05, 0) is 49.8 Å². The lowest BCUT2D eigenvalue weighted by Gasteiger charge is -2.32. The number of para-hydroxylation sites is 1. The van der Waals surface area contributed by atoms with Gasteiger partial charge in [0, 0.05) is 19.1 Å². The Morgan fingerprint density at radius 3 is 2.63 bits per heavy atom. The summed E-state index contributed by atoms with van der Waals surface area (Å²) >= 11 is 0. The molecule has 1 saturated carbocycles. The van der Waals surface area contributed by atoms with E-state index in [4.69, 9.17) is 4.42 Å². The lowest BCUT2D eigenvalue weighted by molar-refractivity contribution is 0.0662. The minimum Gasteiger partial charge on any atom is -0.469 e. The van der Waals surface area contributed by atoms with Crippen LogP contribution in [0.15, 0.2) is 53.3 Å². The Labute approximate surface area is 173 Å². The predicted octanol–water partition coefficient (Wildman–Crippen LogP) is 2.59. The lowest BCUT2D eigenvalue weighted by atomic mass is 9.92. The maximum atomic E-state index is 12.9. The third kappa shape index (κ3) is 3.28. The quantitative estimate of drug-likeness (QED) is 0.720. The Bertz CT molecular complexity index is 1080. The smallest absolute Gasteiger partial charge is 0.276 e. The topological polar surface area (TPSA) is 93.3 Å². The first-order chi connectivity index (χ1) is 14.6. The second-order valence-corrected chi connectivity index (χ2v) is 8.16. The summed E-state index contributed by atoms with van der Waals surface area (Å²) in [6.45, 7) is 3.11.